The number of rotatable bonds is 5. The molecule has 2 unspecified atom stereocenters. The van der Waals surface area contributed by atoms with Crippen LogP contribution in [0.5, 0.6) is 0 Å². The van der Waals surface area contributed by atoms with E-state index >= 15 is 0 Å². The van der Waals surface area contributed by atoms with E-state index in [1.165, 1.54) is 21.6 Å². The zero-order chi connectivity index (χ0) is 15.5. The summed E-state index contributed by atoms with van der Waals surface area (Å²) >= 11 is 1.51. The van der Waals surface area contributed by atoms with Crippen LogP contribution in [0.1, 0.15) is 33.6 Å². The highest BCUT2D eigenvalue weighted by molar-refractivity contribution is 8.00. The van der Waals surface area contributed by atoms with Gasteiger partial charge in [0.1, 0.15) is 6.04 Å². The van der Waals surface area contributed by atoms with Gasteiger partial charge >= 0.3 is 12.0 Å². The van der Waals surface area contributed by atoms with E-state index in [9.17, 15) is 19.8 Å². The Kier molecular flexibility index (Phi) is 5.70. The predicted molar refractivity (Wildman–Crippen MR) is 78.7 cm³/mol. The molecule has 116 valence electrons. The van der Waals surface area contributed by atoms with Gasteiger partial charge in [0, 0.05) is 12.8 Å². The highest BCUT2D eigenvalue weighted by Crippen LogP contribution is 2.33. The second kappa shape index (κ2) is 6.67. The Bertz CT molecular complexity index is 370. The smallest absolute Gasteiger partial charge is 0.327 e. The van der Waals surface area contributed by atoms with Crippen molar-refractivity contribution in [3.63, 3.8) is 0 Å². The van der Waals surface area contributed by atoms with Crippen LogP contribution in [0, 0.1) is 0 Å². The summed E-state index contributed by atoms with van der Waals surface area (Å²) in [5, 5.41) is 18.9. The summed E-state index contributed by atoms with van der Waals surface area (Å²) in [6.45, 7) is 5.41. The van der Waals surface area contributed by atoms with Crippen molar-refractivity contribution in [2.75, 3.05) is 19.3 Å². The lowest BCUT2D eigenvalue weighted by Gasteiger charge is -2.33. The summed E-state index contributed by atoms with van der Waals surface area (Å²) in [6, 6.07) is -1.11. The first-order valence-corrected chi connectivity index (χ1v) is 7.82. The topological polar surface area (TPSA) is 81.1 Å². The van der Waals surface area contributed by atoms with Gasteiger partial charge in [-0.05, 0) is 20.3 Å². The second-order valence-electron chi connectivity index (χ2n) is 5.79. The van der Waals surface area contributed by atoms with E-state index in [1.54, 1.807) is 20.9 Å². The maximum Gasteiger partial charge on any atom is 0.327 e. The van der Waals surface area contributed by atoms with Crippen molar-refractivity contribution in [2.45, 2.75) is 50.6 Å². The van der Waals surface area contributed by atoms with Crippen molar-refractivity contribution in [2.24, 2.45) is 0 Å². The SMILES string of the molecule is CCCC1SCC(C(=O)O)N1C(=O)N(C)CC(C)(C)O. The van der Waals surface area contributed by atoms with Gasteiger partial charge in [-0.2, -0.15) is 0 Å². The highest BCUT2D eigenvalue weighted by atomic mass is 32.2. The number of hydrogen-bond donors (Lipinski definition) is 2. The first-order valence-electron chi connectivity index (χ1n) is 6.77. The van der Waals surface area contributed by atoms with E-state index in [4.69, 9.17) is 0 Å². The molecule has 0 bridgehead atoms. The van der Waals surface area contributed by atoms with Gasteiger partial charge in [0.25, 0.3) is 0 Å². The maximum atomic E-state index is 12.5. The number of carboxylic acid groups (broad SMARTS) is 1. The Hall–Kier alpha value is -0.950. The molecule has 0 aromatic heterocycles. The van der Waals surface area contributed by atoms with Gasteiger partial charge in [0.05, 0.1) is 17.5 Å². The third-order valence-electron chi connectivity index (χ3n) is 3.08. The van der Waals surface area contributed by atoms with Crippen molar-refractivity contribution in [3.05, 3.63) is 0 Å². The molecular weight excluding hydrogens is 280 g/mol. The number of amides is 2. The molecule has 6 nitrogen and oxygen atoms in total. The molecular formula is C13H24N2O4S. The first kappa shape index (κ1) is 17.1. The van der Waals surface area contributed by atoms with E-state index in [-0.39, 0.29) is 17.9 Å². The molecule has 1 heterocycles. The molecule has 0 radical (unpaired) electrons. The van der Waals surface area contributed by atoms with Crippen LogP contribution in [-0.4, -0.2) is 68.4 Å². The molecule has 1 aliphatic heterocycles. The Balaban J connectivity index is 2.85. The summed E-state index contributed by atoms with van der Waals surface area (Å²) in [6.07, 6.45) is 1.67. The van der Waals surface area contributed by atoms with Crippen molar-refractivity contribution in [3.8, 4) is 0 Å². The normalized spacial score (nSPS) is 22.9. The van der Waals surface area contributed by atoms with Crippen LogP contribution >= 0.6 is 11.8 Å². The molecule has 7 heteroatoms. The van der Waals surface area contributed by atoms with E-state index in [1.807, 2.05) is 6.92 Å². The van der Waals surface area contributed by atoms with Gasteiger partial charge in [-0.25, -0.2) is 9.59 Å². The van der Waals surface area contributed by atoms with Crippen molar-refractivity contribution < 1.29 is 19.8 Å². The van der Waals surface area contributed by atoms with Crippen LogP contribution in [-0.2, 0) is 4.79 Å². The minimum Gasteiger partial charge on any atom is -0.480 e. The molecule has 1 saturated heterocycles. The van der Waals surface area contributed by atoms with Gasteiger partial charge in [0.2, 0.25) is 0 Å². The minimum atomic E-state index is -1.00. The number of thioether (sulfide) groups is 1. The second-order valence-corrected chi connectivity index (χ2v) is 7.00. The van der Waals surface area contributed by atoms with E-state index in [0.29, 0.717) is 5.75 Å². The average Bonchev–Trinajstić information content (AvgIpc) is 2.70. The summed E-state index contributed by atoms with van der Waals surface area (Å²) in [4.78, 5) is 26.6. The van der Waals surface area contributed by atoms with E-state index in [2.05, 4.69) is 0 Å². The molecule has 1 fully saturated rings. The lowest BCUT2D eigenvalue weighted by Crippen LogP contribution is -2.53. The monoisotopic (exact) mass is 304 g/mol. The molecule has 0 spiro atoms. The fourth-order valence-electron chi connectivity index (χ4n) is 2.32. The molecule has 0 aromatic rings. The van der Waals surface area contributed by atoms with Gasteiger partial charge in [0.15, 0.2) is 0 Å². The van der Waals surface area contributed by atoms with Gasteiger partial charge in [-0.1, -0.05) is 13.3 Å². The summed E-state index contributed by atoms with van der Waals surface area (Å²) < 4.78 is 0. The summed E-state index contributed by atoms with van der Waals surface area (Å²) in [5.74, 6) is -0.552. The third-order valence-corrected chi connectivity index (χ3v) is 4.44. The zero-order valence-corrected chi connectivity index (χ0v) is 13.3. The molecule has 0 aromatic carbocycles. The molecule has 2 N–H and O–H groups in total. The standard InChI is InChI=1S/C13H24N2O4S/c1-5-6-10-15(9(7-20-10)11(16)17)12(18)14(4)8-13(2,3)19/h9-10,19H,5-8H2,1-4H3,(H,16,17). The van der Waals surface area contributed by atoms with Crippen LogP contribution in [0.2, 0.25) is 0 Å². The molecule has 20 heavy (non-hydrogen) atoms. The van der Waals surface area contributed by atoms with Crippen LogP contribution in [0.25, 0.3) is 0 Å². The Morgan fingerprint density at radius 2 is 2.05 bits per heavy atom. The molecule has 0 aliphatic carbocycles. The number of aliphatic carboxylic acids is 1. The molecule has 2 atom stereocenters. The lowest BCUT2D eigenvalue weighted by atomic mass is 10.1. The summed E-state index contributed by atoms with van der Waals surface area (Å²) in [5.41, 5.74) is -1.00. The highest BCUT2D eigenvalue weighted by Gasteiger charge is 2.42. The Morgan fingerprint density at radius 3 is 2.50 bits per heavy atom. The van der Waals surface area contributed by atoms with Crippen molar-refractivity contribution >= 4 is 23.8 Å². The first-order chi connectivity index (χ1) is 9.17. The molecule has 2 amide bonds. The fourth-order valence-corrected chi connectivity index (χ4v) is 3.83. The van der Waals surface area contributed by atoms with Gasteiger partial charge < -0.3 is 15.1 Å². The summed E-state index contributed by atoms with van der Waals surface area (Å²) in [7, 11) is 1.59. The number of likely N-dealkylation sites (N-methyl/N-ethyl adjacent to an activating group) is 1. The molecule has 1 rings (SSSR count). The number of nitrogens with zero attached hydrogens (tertiary/aromatic N) is 2. The zero-order valence-electron chi connectivity index (χ0n) is 12.5. The van der Waals surface area contributed by atoms with Gasteiger partial charge in [-0.3, -0.25) is 4.90 Å². The largest absolute Gasteiger partial charge is 0.480 e. The Morgan fingerprint density at radius 1 is 1.45 bits per heavy atom. The molecule has 1 aliphatic rings. The molecule has 0 saturated carbocycles. The van der Waals surface area contributed by atoms with Crippen molar-refractivity contribution in [1.82, 2.24) is 9.80 Å². The Labute approximate surface area is 124 Å². The van der Waals surface area contributed by atoms with Gasteiger partial charge in [-0.15, -0.1) is 11.8 Å². The van der Waals surface area contributed by atoms with Crippen LogP contribution in [0.3, 0.4) is 0 Å². The van der Waals surface area contributed by atoms with E-state index in [0.717, 1.165) is 12.8 Å². The number of carboxylic acids is 1. The average molecular weight is 304 g/mol. The predicted octanol–water partition coefficient (Wildman–Crippen LogP) is 1.44. The number of aliphatic hydroxyl groups is 1. The van der Waals surface area contributed by atoms with Crippen LogP contribution < -0.4 is 0 Å². The maximum absolute atomic E-state index is 12.5. The number of hydrogen-bond acceptors (Lipinski definition) is 4. The lowest BCUT2D eigenvalue weighted by molar-refractivity contribution is -0.141. The van der Waals surface area contributed by atoms with Crippen LogP contribution in [0.4, 0.5) is 4.79 Å². The number of carbonyl (C=O) groups excluding carboxylic acids is 1. The van der Waals surface area contributed by atoms with E-state index < -0.39 is 17.6 Å². The fraction of sp³-hybridized carbons (Fsp3) is 0.846. The third kappa shape index (κ3) is 4.28. The quantitative estimate of drug-likeness (QED) is 0.803. The number of carbonyl (C=O) groups is 2. The van der Waals surface area contributed by atoms with Crippen molar-refractivity contribution in [1.29, 1.82) is 0 Å². The minimum absolute atomic E-state index is 0.0992. The van der Waals surface area contributed by atoms with Crippen LogP contribution in [0.15, 0.2) is 0 Å². The number of urea groups is 1.